The Hall–Kier alpha value is -3.94. The molecule has 2 amide bonds. The zero-order valence-corrected chi connectivity index (χ0v) is 21.4. The minimum Gasteiger partial charge on any atom is -0.469 e. The number of rotatable bonds is 9. The summed E-state index contributed by atoms with van der Waals surface area (Å²) >= 11 is 0. The molecule has 3 aromatic rings. The molecule has 1 aliphatic carbocycles. The number of carbonyl (C=O) groups is 3. The van der Waals surface area contributed by atoms with E-state index in [1.807, 2.05) is 42.5 Å². The van der Waals surface area contributed by atoms with Crippen molar-refractivity contribution in [2.45, 2.75) is 51.4 Å². The monoisotopic (exact) mass is 502 g/mol. The van der Waals surface area contributed by atoms with E-state index in [0.717, 1.165) is 37.1 Å². The highest BCUT2D eigenvalue weighted by Gasteiger charge is 2.24. The van der Waals surface area contributed by atoms with Gasteiger partial charge in [-0.1, -0.05) is 30.3 Å². The van der Waals surface area contributed by atoms with Crippen LogP contribution in [0.5, 0.6) is 0 Å². The number of aromatic nitrogens is 2. The third-order valence-corrected chi connectivity index (χ3v) is 7.00. The number of aryl methyl sites for hydroxylation is 1. The van der Waals surface area contributed by atoms with Gasteiger partial charge in [-0.3, -0.25) is 14.4 Å². The Morgan fingerprint density at radius 3 is 2.38 bits per heavy atom. The van der Waals surface area contributed by atoms with E-state index in [1.54, 1.807) is 17.8 Å². The molecule has 8 heteroatoms. The Balaban J connectivity index is 1.20. The topological polar surface area (TPSA) is 102 Å². The summed E-state index contributed by atoms with van der Waals surface area (Å²) in [6.45, 7) is 2.02. The highest BCUT2D eigenvalue weighted by Crippen LogP contribution is 2.37. The number of nitrogens with zero attached hydrogens (tertiary/aromatic N) is 2. The van der Waals surface area contributed by atoms with Crippen LogP contribution in [0.15, 0.2) is 60.8 Å². The van der Waals surface area contributed by atoms with Gasteiger partial charge in [0.1, 0.15) is 0 Å². The second kappa shape index (κ2) is 12.3. The average Bonchev–Trinajstić information content (AvgIpc) is 3.31. The second-order valence-corrected chi connectivity index (χ2v) is 9.58. The minimum absolute atomic E-state index is 0.127. The van der Waals surface area contributed by atoms with Gasteiger partial charge < -0.3 is 15.4 Å². The van der Waals surface area contributed by atoms with E-state index in [9.17, 15) is 14.4 Å². The lowest BCUT2D eigenvalue weighted by molar-refractivity contribution is -0.142. The number of carbonyl (C=O) groups excluding carboxylic acids is 3. The Bertz CT molecular complexity index is 1210. The molecule has 1 aromatic heterocycles. The van der Waals surface area contributed by atoms with E-state index in [2.05, 4.69) is 27.9 Å². The van der Waals surface area contributed by atoms with Gasteiger partial charge in [0, 0.05) is 31.3 Å². The van der Waals surface area contributed by atoms with Gasteiger partial charge in [0.15, 0.2) is 0 Å². The molecule has 0 bridgehead atoms. The van der Waals surface area contributed by atoms with Crippen LogP contribution in [0, 0.1) is 12.8 Å². The summed E-state index contributed by atoms with van der Waals surface area (Å²) in [6.07, 6.45) is 6.53. The highest BCUT2D eigenvalue weighted by molar-refractivity contribution is 5.96. The average molecular weight is 503 g/mol. The van der Waals surface area contributed by atoms with Crippen molar-refractivity contribution in [3.63, 3.8) is 0 Å². The molecule has 0 radical (unpaired) electrons. The van der Waals surface area contributed by atoms with Crippen LogP contribution in [0.2, 0.25) is 0 Å². The van der Waals surface area contributed by atoms with Crippen molar-refractivity contribution in [3.8, 4) is 5.69 Å². The summed E-state index contributed by atoms with van der Waals surface area (Å²) < 4.78 is 6.46. The fraction of sp³-hybridized carbons (Fsp3) is 0.379. The Kier molecular flexibility index (Phi) is 8.72. The SMILES string of the molecule is COC(=O)C[C@H]1CC[C@H](c2ccc(NC(=O)CCNC(=O)c3cn(-c4ccccc4)nc3C)cc2)CC1. The molecule has 0 atom stereocenters. The summed E-state index contributed by atoms with van der Waals surface area (Å²) in [5.74, 6) is 0.346. The molecule has 0 aliphatic heterocycles. The molecule has 2 aromatic carbocycles. The van der Waals surface area contributed by atoms with E-state index in [-0.39, 0.29) is 30.7 Å². The number of esters is 1. The van der Waals surface area contributed by atoms with Crippen molar-refractivity contribution >= 4 is 23.5 Å². The van der Waals surface area contributed by atoms with Crippen molar-refractivity contribution in [3.05, 3.63) is 77.6 Å². The minimum atomic E-state index is -0.252. The van der Waals surface area contributed by atoms with Gasteiger partial charge in [0.05, 0.1) is 24.1 Å². The van der Waals surface area contributed by atoms with E-state index >= 15 is 0 Å². The lowest BCUT2D eigenvalue weighted by Crippen LogP contribution is -2.27. The fourth-order valence-electron chi connectivity index (χ4n) is 4.86. The molecule has 1 aliphatic rings. The first kappa shape index (κ1) is 26.1. The number of methoxy groups -OCH3 is 1. The third-order valence-electron chi connectivity index (χ3n) is 7.00. The number of para-hydroxylation sites is 1. The van der Waals surface area contributed by atoms with Crippen LogP contribution in [0.25, 0.3) is 5.69 Å². The van der Waals surface area contributed by atoms with Crippen molar-refractivity contribution in [1.29, 1.82) is 0 Å². The standard InChI is InChI=1S/C29H34N4O4/c1-20-26(19-33(32-20)25-6-4-3-5-7-25)29(36)30-17-16-27(34)31-24-14-12-23(13-15-24)22-10-8-21(9-11-22)18-28(35)37-2/h3-7,12-15,19,21-22H,8-11,16-18H2,1-2H3,(H,30,36)(H,31,34)/t21-,22-. The van der Waals surface area contributed by atoms with Crippen molar-refractivity contribution in [2.24, 2.45) is 5.92 Å². The largest absolute Gasteiger partial charge is 0.469 e. The van der Waals surface area contributed by atoms with Gasteiger partial charge in [-0.15, -0.1) is 0 Å². The number of nitrogens with one attached hydrogen (secondary N) is 2. The summed E-state index contributed by atoms with van der Waals surface area (Å²) in [6, 6.07) is 17.6. The second-order valence-electron chi connectivity index (χ2n) is 9.58. The number of amides is 2. The lowest BCUT2D eigenvalue weighted by atomic mass is 9.77. The smallest absolute Gasteiger partial charge is 0.305 e. The van der Waals surface area contributed by atoms with Crippen LogP contribution in [0.1, 0.15) is 66.1 Å². The summed E-state index contributed by atoms with van der Waals surface area (Å²) in [4.78, 5) is 36.5. The maximum Gasteiger partial charge on any atom is 0.305 e. The van der Waals surface area contributed by atoms with Gasteiger partial charge in [-0.25, -0.2) is 4.68 Å². The maximum absolute atomic E-state index is 12.6. The Morgan fingerprint density at radius 1 is 1.00 bits per heavy atom. The lowest BCUT2D eigenvalue weighted by Gasteiger charge is -2.28. The molecule has 194 valence electrons. The number of benzene rings is 2. The first-order chi connectivity index (χ1) is 17.9. The predicted octanol–water partition coefficient (Wildman–Crippen LogP) is 4.78. The quantitative estimate of drug-likeness (QED) is 0.410. The normalized spacial score (nSPS) is 17.1. The predicted molar refractivity (Wildman–Crippen MR) is 142 cm³/mol. The fourth-order valence-corrected chi connectivity index (χ4v) is 4.86. The first-order valence-corrected chi connectivity index (χ1v) is 12.8. The molecule has 4 rings (SSSR count). The van der Waals surface area contributed by atoms with Crippen LogP contribution in [-0.4, -0.2) is 41.2 Å². The number of hydrogen-bond acceptors (Lipinski definition) is 5. The van der Waals surface area contributed by atoms with Crippen LogP contribution in [0.3, 0.4) is 0 Å². The zero-order chi connectivity index (χ0) is 26.2. The molecule has 1 heterocycles. The number of anilines is 1. The van der Waals surface area contributed by atoms with Gasteiger partial charge in [-0.05, 0) is 74.3 Å². The molecule has 1 saturated carbocycles. The highest BCUT2D eigenvalue weighted by atomic mass is 16.5. The molecule has 0 unspecified atom stereocenters. The Morgan fingerprint density at radius 2 is 1.70 bits per heavy atom. The van der Waals surface area contributed by atoms with Crippen LogP contribution in [0.4, 0.5) is 5.69 Å². The number of hydrogen-bond donors (Lipinski definition) is 2. The van der Waals surface area contributed by atoms with E-state index in [1.165, 1.54) is 12.7 Å². The molecule has 37 heavy (non-hydrogen) atoms. The van der Waals surface area contributed by atoms with E-state index < -0.39 is 0 Å². The summed E-state index contributed by atoms with van der Waals surface area (Å²) in [5, 5.41) is 10.1. The maximum atomic E-state index is 12.6. The summed E-state index contributed by atoms with van der Waals surface area (Å²) in [7, 11) is 1.44. The molecule has 8 nitrogen and oxygen atoms in total. The van der Waals surface area contributed by atoms with Crippen molar-refractivity contribution in [1.82, 2.24) is 15.1 Å². The van der Waals surface area contributed by atoms with E-state index in [4.69, 9.17) is 4.74 Å². The first-order valence-electron chi connectivity index (χ1n) is 12.8. The van der Waals surface area contributed by atoms with Gasteiger partial charge in [0.25, 0.3) is 5.91 Å². The van der Waals surface area contributed by atoms with Crippen molar-refractivity contribution < 1.29 is 19.1 Å². The Labute approximate surface area is 217 Å². The van der Waals surface area contributed by atoms with Crippen LogP contribution in [-0.2, 0) is 14.3 Å². The summed E-state index contributed by atoms with van der Waals surface area (Å²) in [5.41, 5.74) is 3.98. The van der Waals surface area contributed by atoms with E-state index in [0.29, 0.717) is 29.5 Å². The van der Waals surface area contributed by atoms with Crippen LogP contribution < -0.4 is 10.6 Å². The van der Waals surface area contributed by atoms with Gasteiger partial charge >= 0.3 is 5.97 Å². The molecular formula is C29H34N4O4. The zero-order valence-electron chi connectivity index (χ0n) is 21.4. The molecule has 0 saturated heterocycles. The van der Waals surface area contributed by atoms with Gasteiger partial charge in [0.2, 0.25) is 5.91 Å². The number of ether oxygens (including phenoxy) is 1. The van der Waals surface area contributed by atoms with Crippen molar-refractivity contribution in [2.75, 3.05) is 19.0 Å². The van der Waals surface area contributed by atoms with Crippen LogP contribution >= 0.6 is 0 Å². The van der Waals surface area contributed by atoms with Gasteiger partial charge in [-0.2, -0.15) is 5.10 Å². The molecular weight excluding hydrogens is 468 g/mol. The molecule has 1 fully saturated rings. The third kappa shape index (κ3) is 7.06. The molecule has 0 spiro atoms. The molecule has 2 N–H and O–H groups in total.